The first kappa shape index (κ1) is 14.3. The van der Waals surface area contributed by atoms with Crippen LogP contribution in [0.15, 0.2) is 12.3 Å². The van der Waals surface area contributed by atoms with Crippen molar-refractivity contribution in [3.63, 3.8) is 0 Å². The average Bonchev–Trinajstić information content (AvgIpc) is 2.18. The molecule has 0 rings (SSSR count). The Balaban J connectivity index is 3.56. The molecule has 90 valence electrons. The van der Waals surface area contributed by atoms with Crippen LogP contribution in [0.5, 0.6) is 0 Å². The molecule has 0 atom stereocenters. The van der Waals surface area contributed by atoms with E-state index in [0.29, 0.717) is 0 Å². The van der Waals surface area contributed by atoms with Crippen molar-refractivity contribution in [2.75, 3.05) is 13.2 Å². The van der Waals surface area contributed by atoms with Crippen LogP contribution < -0.4 is 0 Å². The van der Waals surface area contributed by atoms with Crippen LogP contribution in [0, 0.1) is 12.5 Å². The topological polar surface area (TPSA) is 54.0 Å². The molecular formula is C11H16O5. The lowest BCUT2D eigenvalue weighted by atomic mass is 10.2. The van der Waals surface area contributed by atoms with Gasteiger partial charge in [0.2, 0.25) is 0 Å². The van der Waals surface area contributed by atoms with Gasteiger partial charge in [0.25, 0.3) is 0 Å². The highest BCUT2D eigenvalue weighted by molar-refractivity contribution is 5.81. The third-order valence-corrected chi connectivity index (χ3v) is 1.07. The Bertz CT molecular complexity index is 269. The van der Waals surface area contributed by atoms with E-state index in [4.69, 9.17) is 16.0 Å². The van der Waals surface area contributed by atoms with Gasteiger partial charge in [0, 0.05) is 0 Å². The van der Waals surface area contributed by atoms with E-state index in [-0.39, 0.29) is 13.2 Å². The lowest BCUT2D eigenvalue weighted by Gasteiger charge is -2.15. The van der Waals surface area contributed by atoms with Crippen LogP contribution in [-0.2, 0) is 24.0 Å². The molecule has 0 heterocycles. The Hall–Kier alpha value is -1.67. The van der Waals surface area contributed by atoms with Crippen LogP contribution in [0.2, 0.25) is 0 Å². The highest BCUT2D eigenvalue weighted by atomic mass is 17.2. The van der Waals surface area contributed by atoms with Crippen LogP contribution in [0.4, 0.5) is 0 Å². The minimum atomic E-state index is -0.557. The fraction of sp³-hybridized carbons (Fsp3) is 0.545. The molecule has 5 heteroatoms. The Morgan fingerprint density at radius 2 is 2.06 bits per heavy atom. The predicted molar refractivity (Wildman–Crippen MR) is 56.8 cm³/mol. The lowest BCUT2D eigenvalue weighted by Crippen LogP contribution is -2.17. The number of carbonyl (C=O) groups excluding carboxylic acids is 1. The van der Waals surface area contributed by atoms with Crippen molar-refractivity contribution in [2.45, 2.75) is 26.4 Å². The fourth-order valence-electron chi connectivity index (χ4n) is 0.546. The van der Waals surface area contributed by atoms with E-state index in [1.807, 2.05) is 26.9 Å². The molecule has 0 aliphatic carbocycles. The maximum atomic E-state index is 11.0. The van der Waals surface area contributed by atoms with Crippen molar-refractivity contribution in [3.8, 4) is 12.5 Å². The molecule has 0 aromatic heterocycles. The van der Waals surface area contributed by atoms with Crippen molar-refractivity contribution < 1.29 is 24.0 Å². The van der Waals surface area contributed by atoms with E-state index in [0.717, 1.165) is 12.3 Å². The van der Waals surface area contributed by atoms with Crippen LogP contribution in [0.3, 0.4) is 0 Å². The molecule has 0 radical (unpaired) electrons. The molecule has 0 aromatic rings. The van der Waals surface area contributed by atoms with E-state index in [2.05, 4.69) is 9.62 Å². The van der Waals surface area contributed by atoms with E-state index >= 15 is 0 Å². The fourth-order valence-corrected chi connectivity index (χ4v) is 0.546. The molecule has 0 aliphatic heterocycles. The van der Waals surface area contributed by atoms with Crippen LogP contribution >= 0.6 is 0 Å². The van der Waals surface area contributed by atoms with Gasteiger partial charge in [-0.25, -0.2) is 4.79 Å². The molecule has 0 fully saturated rings. The molecule has 0 aromatic carbocycles. The molecule has 0 N–H and O–H groups in total. The van der Waals surface area contributed by atoms with E-state index in [1.165, 1.54) is 0 Å². The van der Waals surface area contributed by atoms with Crippen molar-refractivity contribution in [3.05, 3.63) is 12.3 Å². The summed E-state index contributed by atoms with van der Waals surface area (Å²) in [5, 5.41) is 0. The van der Waals surface area contributed by atoms with Crippen molar-refractivity contribution in [2.24, 2.45) is 0 Å². The first-order chi connectivity index (χ1) is 7.45. The summed E-state index contributed by atoms with van der Waals surface area (Å²) in [4.78, 5) is 20.5. The zero-order valence-corrected chi connectivity index (χ0v) is 9.69. The molecule has 0 bridgehead atoms. The zero-order valence-electron chi connectivity index (χ0n) is 9.69. The van der Waals surface area contributed by atoms with Gasteiger partial charge in [-0.2, -0.15) is 4.89 Å². The second-order valence-corrected chi connectivity index (χ2v) is 3.73. The minimum Gasteiger partial charge on any atom is -0.459 e. The standard InChI is InChI=1S/C11H16O5/c1-5-13-8-9-14-10(12)6-7-15-16-11(2,3)4/h1,6-7H,8-9H2,2-4H3. The van der Waals surface area contributed by atoms with Gasteiger partial charge < -0.3 is 14.4 Å². The number of hydrogen-bond acceptors (Lipinski definition) is 5. The summed E-state index contributed by atoms with van der Waals surface area (Å²) in [5.41, 5.74) is -0.436. The summed E-state index contributed by atoms with van der Waals surface area (Å²) in [6.45, 7) is 5.70. The molecule has 0 saturated heterocycles. The summed E-state index contributed by atoms with van der Waals surface area (Å²) < 4.78 is 9.22. The summed E-state index contributed by atoms with van der Waals surface area (Å²) in [7, 11) is 0. The van der Waals surface area contributed by atoms with Gasteiger partial charge in [0.1, 0.15) is 31.2 Å². The molecule has 0 spiro atoms. The number of carbonyl (C=O) groups is 1. The van der Waals surface area contributed by atoms with Crippen molar-refractivity contribution >= 4 is 5.97 Å². The third kappa shape index (κ3) is 10.4. The van der Waals surface area contributed by atoms with E-state index < -0.39 is 11.6 Å². The first-order valence-electron chi connectivity index (χ1n) is 4.71. The van der Waals surface area contributed by atoms with Crippen molar-refractivity contribution in [1.82, 2.24) is 0 Å². The monoisotopic (exact) mass is 228 g/mol. The maximum absolute atomic E-state index is 11.0. The first-order valence-corrected chi connectivity index (χ1v) is 4.71. The highest BCUT2D eigenvalue weighted by Gasteiger charge is 2.10. The average molecular weight is 228 g/mol. The molecular weight excluding hydrogens is 212 g/mol. The SMILES string of the molecule is C#COCCOC(=O)C=COOC(C)(C)C. The molecule has 16 heavy (non-hydrogen) atoms. The van der Waals surface area contributed by atoms with Gasteiger partial charge in [0.05, 0.1) is 6.08 Å². The molecule has 5 nitrogen and oxygen atoms in total. The number of terminal acetylenes is 1. The van der Waals surface area contributed by atoms with Crippen LogP contribution in [-0.4, -0.2) is 24.8 Å². The Labute approximate surface area is 95.2 Å². The maximum Gasteiger partial charge on any atom is 0.334 e. The van der Waals surface area contributed by atoms with Gasteiger partial charge >= 0.3 is 5.97 Å². The largest absolute Gasteiger partial charge is 0.459 e. The van der Waals surface area contributed by atoms with Crippen LogP contribution in [0.25, 0.3) is 0 Å². The van der Waals surface area contributed by atoms with E-state index in [1.54, 1.807) is 0 Å². The number of rotatable bonds is 6. The molecule has 0 amide bonds. The lowest BCUT2D eigenvalue weighted by molar-refractivity contribution is -0.310. The summed E-state index contributed by atoms with van der Waals surface area (Å²) >= 11 is 0. The summed E-state index contributed by atoms with van der Waals surface area (Å²) in [6, 6.07) is 0. The molecule has 0 saturated carbocycles. The quantitative estimate of drug-likeness (QED) is 0.131. The zero-order chi connectivity index (χ0) is 12.4. The number of esters is 1. The number of ether oxygens (including phenoxy) is 2. The highest BCUT2D eigenvalue weighted by Crippen LogP contribution is 2.06. The Morgan fingerprint density at radius 3 is 2.62 bits per heavy atom. The number of hydrogen-bond donors (Lipinski definition) is 0. The molecule has 0 unspecified atom stereocenters. The van der Waals surface area contributed by atoms with E-state index in [9.17, 15) is 4.79 Å². The Kier molecular flexibility index (Phi) is 6.81. The molecule has 0 aliphatic rings. The second-order valence-electron chi connectivity index (χ2n) is 3.73. The van der Waals surface area contributed by atoms with Crippen LogP contribution in [0.1, 0.15) is 20.8 Å². The summed E-state index contributed by atoms with van der Waals surface area (Å²) in [5.74, 6) is -0.557. The minimum absolute atomic E-state index is 0.0908. The van der Waals surface area contributed by atoms with Gasteiger partial charge in [-0.1, -0.05) is 6.42 Å². The predicted octanol–water partition coefficient (Wildman–Crippen LogP) is 1.40. The van der Waals surface area contributed by atoms with Gasteiger partial charge in [-0.15, -0.1) is 0 Å². The van der Waals surface area contributed by atoms with Gasteiger partial charge in [-0.05, 0) is 20.8 Å². The normalized spacial score (nSPS) is 10.9. The smallest absolute Gasteiger partial charge is 0.334 e. The van der Waals surface area contributed by atoms with Gasteiger partial charge in [0.15, 0.2) is 0 Å². The summed E-state index contributed by atoms with van der Waals surface area (Å²) in [6.07, 6.45) is 8.98. The Morgan fingerprint density at radius 1 is 1.38 bits per heavy atom. The van der Waals surface area contributed by atoms with Crippen molar-refractivity contribution in [1.29, 1.82) is 0 Å². The second kappa shape index (κ2) is 7.60. The van der Waals surface area contributed by atoms with Gasteiger partial charge in [-0.3, -0.25) is 0 Å². The third-order valence-electron chi connectivity index (χ3n) is 1.07.